The molecule has 3 N–H and O–H groups in total. The lowest BCUT2D eigenvalue weighted by molar-refractivity contribution is -0.143. The number of fused-ring (bicyclic) bond motifs is 1. The third-order valence-electron chi connectivity index (χ3n) is 9.45. The maximum absolute atomic E-state index is 14.5. The number of likely N-dealkylation sites (tertiary alicyclic amines) is 1. The molecule has 17 heteroatoms. The molecule has 0 radical (unpaired) electrons. The summed E-state index contributed by atoms with van der Waals surface area (Å²) >= 11 is 12.6. The molecule has 0 spiro atoms. The Morgan fingerprint density at radius 3 is 2.41 bits per heavy atom. The molecule has 1 saturated carbocycles. The van der Waals surface area contributed by atoms with Crippen molar-refractivity contribution in [2.45, 2.75) is 88.2 Å². The van der Waals surface area contributed by atoms with Crippen molar-refractivity contribution in [3.05, 3.63) is 64.2 Å². The summed E-state index contributed by atoms with van der Waals surface area (Å²) in [5, 5.41) is 7.33. The second-order valence-electron chi connectivity index (χ2n) is 15.7. The van der Waals surface area contributed by atoms with Gasteiger partial charge in [-0.15, -0.1) is 17.9 Å². The third-order valence-corrected chi connectivity index (χ3v) is 13.1. The smallest absolute Gasteiger partial charge is 0.408 e. The Kier molecular flexibility index (Phi) is 11.7. The summed E-state index contributed by atoms with van der Waals surface area (Å²) in [4.78, 5) is 61.7. The van der Waals surface area contributed by atoms with Crippen molar-refractivity contribution in [3.8, 4) is 5.75 Å². The van der Waals surface area contributed by atoms with Crippen molar-refractivity contribution in [1.82, 2.24) is 25.2 Å². The zero-order chi connectivity index (χ0) is 40.0. The maximum atomic E-state index is 14.5. The maximum Gasteiger partial charge on any atom is 0.408 e. The number of sulfonamides is 1. The summed E-state index contributed by atoms with van der Waals surface area (Å²) < 4.78 is 39.0. The minimum atomic E-state index is -4.40. The molecule has 4 amide bonds. The Labute approximate surface area is 329 Å². The van der Waals surface area contributed by atoms with E-state index in [0.717, 1.165) is 22.5 Å². The molecule has 1 aliphatic heterocycles. The number of pyridine rings is 1. The summed E-state index contributed by atoms with van der Waals surface area (Å²) in [6, 6.07) is 6.46. The standard InChI is InChI=1S/C37H45Cl2N5O8S2/c1-9-22-18-37(22,33(47)43-54(49,50)28-17-25(38)30(39)53-28)42-31(45)27-15-20(14-26-24-11-10-23(51-8)16-21(24)12-13-40-26)19-44(27)32(46)29(35(2,3)4)41-34(48)52-36(5,6)7/h9-13,16-17,20,22,27,29H,1,14-15,18-19H2,2-8H3,(H,41,48)(H,42,45)(H,43,47)/t20-,22-,27+,29-,37-/m1/s1. The Bertz CT molecular complexity index is 2080. The van der Waals surface area contributed by atoms with Gasteiger partial charge >= 0.3 is 6.09 Å². The molecule has 0 unspecified atom stereocenters. The first-order valence-electron chi connectivity index (χ1n) is 17.3. The van der Waals surface area contributed by atoms with Crippen molar-refractivity contribution in [1.29, 1.82) is 0 Å². The quantitative estimate of drug-likeness (QED) is 0.200. The van der Waals surface area contributed by atoms with Gasteiger partial charge in [-0.05, 0) is 87.1 Å². The Balaban J connectivity index is 1.45. The van der Waals surface area contributed by atoms with Crippen LogP contribution in [0.15, 0.2) is 53.4 Å². The molecule has 5 rings (SSSR count). The van der Waals surface area contributed by atoms with E-state index >= 15 is 0 Å². The van der Waals surface area contributed by atoms with E-state index in [2.05, 4.69) is 26.9 Å². The molecule has 1 aromatic carbocycles. The number of amides is 4. The lowest BCUT2D eigenvalue weighted by Crippen LogP contribution is -2.60. The van der Waals surface area contributed by atoms with Gasteiger partial charge in [-0.1, -0.05) is 50.0 Å². The molecule has 54 heavy (non-hydrogen) atoms. The number of aromatic nitrogens is 1. The van der Waals surface area contributed by atoms with Crippen molar-refractivity contribution in [2.24, 2.45) is 17.3 Å². The average molecular weight is 823 g/mol. The first kappa shape index (κ1) is 41.2. The van der Waals surface area contributed by atoms with Gasteiger partial charge in [0.1, 0.15) is 37.5 Å². The number of halogens is 2. The fourth-order valence-corrected chi connectivity index (χ4v) is 9.56. The lowest BCUT2D eigenvalue weighted by Gasteiger charge is -2.36. The van der Waals surface area contributed by atoms with Crippen LogP contribution in [0.1, 0.15) is 60.1 Å². The first-order chi connectivity index (χ1) is 25.1. The summed E-state index contributed by atoms with van der Waals surface area (Å²) in [6.45, 7) is 14.4. The fourth-order valence-electron chi connectivity index (χ4n) is 6.64. The van der Waals surface area contributed by atoms with Crippen LogP contribution in [0.2, 0.25) is 9.36 Å². The highest BCUT2D eigenvalue weighted by atomic mass is 35.5. The molecule has 2 aromatic heterocycles. The molecule has 3 heterocycles. The van der Waals surface area contributed by atoms with Crippen LogP contribution in [0.5, 0.6) is 5.75 Å². The summed E-state index contributed by atoms with van der Waals surface area (Å²) in [6.07, 6.45) is 3.04. The Morgan fingerprint density at radius 2 is 1.83 bits per heavy atom. The van der Waals surface area contributed by atoms with Crippen LogP contribution >= 0.6 is 34.5 Å². The number of carbonyl (C=O) groups excluding carboxylic acids is 4. The lowest BCUT2D eigenvalue weighted by atomic mass is 9.85. The van der Waals surface area contributed by atoms with Gasteiger partial charge in [0.25, 0.3) is 15.9 Å². The molecule has 5 atom stereocenters. The number of carbonyl (C=O) groups is 4. The van der Waals surface area contributed by atoms with Crippen LogP contribution in [0, 0.1) is 17.3 Å². The zero-order valence-corrected chi connectivity index (χ0v) is 34.3. The molecule has 2 fully saturated rings. The first-order valence-corrected chi connectivity index (χ1v) is 20.3. The Morgan fingerprint density at radius 1 is 1.13 bits per heavy atom. The highest BCUT2D eigenvalue weighted by Crippen LogP contribution is 2.46. The third kappa shape index (κ3) is 8.96. The van der Waals surface area contributed by atoms with E-state index in [-0.39, 0.29) is 38.9 Å². The molecule has 2 aliphatic rings. The number of hydrogen-bond acceptors (Lipinski definition) is 10. The minimum absolute atomic E-state index is 0.0154. The predicted molar refractivity (Wildman–Crippen MR) is 207 cm³/mol. The van der Waals surface area contributed by atoms with Crippen molar-refractivity contribution < 1.29 is 37.1 Å². The van der Waals surface area contributed by atoms with Gasteiger partial charge < -0.3 is 25.0 Å². The zero-order valence-electron chi connectivity index (χ0n) is 31.1. The van der Waals surface area contributed by atoms with E-state index in [1.165, 1.54) is 11.0 Å². The van der Waals surface area contributed by atoms with E-state index in [9.17, 15) is 27.6 Å². The normalized spacial score (nSPS) is 21.9. The Hall–Kier alpha value is -3.92. The van der Waals surface area contributed by atoms with Crippen molar-refractivity contribution >= 4 is 79.1 Å². The highest BCUT2D eigenvalue weighted by molar-refractivity contribution is 7.92. The molecular formula is C37H45Cl2N5O8S2. The largest absolute Gasteiger partial charge is 0.497 e. The number of rotatable bonds is 11. The molecule has 0 bridgehead atoms. The van der Waals surface area contributed by atoms with Crippen molar-refractivity contribution in [3.63, 3.8) is 0 Å². The second kappa shape index (κ2) is 15.3. The summed E-state index contributed by atoms with van der Waals surface area (Å²) in [5.74, 6) is -2.32. The van der Waals surface area contributed by atoms with Gasteiger partial charge in [0.15, 0.2) is 0 Å². The number of alkyl carbamates (subject to hydrolysis) is 1. The number of benzene rings is 1. The fraction of sp³-hybridized carbons (Fsp3) is 0.486. The monoisotopic (exact) mass is 821 g/mol. The van der Waals surface area contributed by atoms with Crippen LogP contribution in [0.4, 0.5) is 4.79 Å². The van der Waals surface area contributed by atoms with Crippen LogP contribution in [0.25, 0.3) is 10.8 Å². The SMILES string of the molecule is C=C[C@@H]1C[C@]1(NC(=O)[C@@H]1C[C@@H](Cc2nccc3cc(OC)ccc23)CN1C(=O)[C@@H](NC(=O)OC(C)(C)C)C(C)(C)C)C(=O)NS(=O)(=O)c1cc(Cl)c(Cl)s1. The predicted octanol–water partition coefficient (Wildman–Crippen LogP) is 5.88. The molecule has 1 saturated heterocycles. The number of nitrogens with one attached hydrogen (secondary N) is 3. The van der Waals surface area contributed by atoms with Gasteiger partial charge in [-0.3, -0.25) is 19.4 Å². The molecule has 1 aliphatic carbocycles. The molecule has 292 valence electrons. The molecule has 3 aromatic rings. The van der Waals surface area contributed by atoms with Crippen molar-refractivity contribution in [2.75, 3.05) is 13.7 Å². The number of thiophene rings is 1. The van der Waals surface area contributed by atoms with Gasteiger partial charge in [0.2, 0.25) is 11.8 Å². The second-order valence-corrected chi connectivity index (χ2v) is 19.7. The highest BCUT2D eigenvalue weighted by Gasteiger charge is 2.61. The van der Waals surface area contributed by atoms with Crippen LogP contribution in [-0.4, -0.2) is 79.0 Å². The number of methoxy groups -OCH3 is 1. The van der Waals surface area contributed by atoms with E-state index < -0.39 is 68.4 Å². The van der Waals surface area contributed by atoms with E-state index in [1.54, 1.807) is 54.8 Å². The number of nitrogens with zero attached hydrogens (tertiary/aromatic N) is 2. The van der Waals surface area contributed by atoms with Gasteiger partial charge in [0.05, 0.1) is 12.1 Å². The summed E-state index contributed by atoms with van der Waals surface area (Å²) in [7, 11) is -2.81. The number of hydrogen-bond donors (Lipinski definition) is 3. The van der Waals surface area contributed by atoms with Crippen LogP contribution in [0.3, 0.4) is 0 Å². The van der Waals surface area contributed by atoms with Gasteiger partial charge in [-0.25, -0.2) is 17.9 Å². The molecule has 13 nitrogen and oxygen atoms in total. The topological polar surface area (TPSA) is 173 Å². The van der Waals surface area contributed by atoms with E-state index in [1.807, 2.05) is 24.3 Å². The average Bonchev–Trinajstić information content (AvgIpc) is 3.44. The van der Waals surface area contributed by atoms with E-state index in [0.29, 0.717) is 23.5 Å². The minimum Gasteiger partial charge on any atom is -0.497 e. The molecular weight excluding hydrogens is 777 g/mol. The van der Waals surface area contributed by atoms with Gasteiger partial charge in [-0.2, -0.15) is 0 Å². The van der Waals surface area contributed by atoms with Gasteiger partial charge in [0, 0.05) is 29.7 Å². The van der Waals surface area contributed by atoms with Crippen LogP contribution < -0.4 is 20.1 Å². The number of ether oxygens (including phenoxy) is 2. The van der Waals surface area contributed by atoms with E-state index in [4.69, 9.17) is 32.7 Å². The summed E-state index contributed by atoms with van der Waals surface area (Å²) in [5.41, 5.74) is -2.53. The van der Waals surface area contributed by atoms with Crippen LogP contribution in [-0.2, 0) is 35.6 Å².